The third-order valence-corrected chi connectivity index (χ3v) is 3.25. The Labute approximate surface area is 127 Å². The molecule has 1 aromatic rings. The van der Waals surface area contributed by atoms with Crippen LogP contribution in [0.2, 0.25) is 0 Å². The van der Waals surface area contributed by atoms with Crippen molar-refractivity contribution in [3.63, 3.8) is 0 Å². The lowest BCUT2D eigenvalue weighted by Crippen LogP contribution is -2.32. The molecule has 21 heavy (non-hydrogen) atoms. The van der Waals surface area contributed by atoms with E-state index in [-0.39, 0.29) is 6.54 Å². The molecule has 1 aromatic carbocycles. The molecule has 1 unspecified atom stereocenters. The number of aliphatic imine (C=N–C) groups is 1. The number of guanidine groups is 1. The van der Waals surface area contributed by atoms with E-state index in [0.29, 0.717) is 5.96 Å². The number of unbranched alkanes of at least 4 members (excludes halogenated alkanes) is 3. The van der Waals surface area contributed by atoms with E-state index in [1.54, 1.807) is 13.2 Å². The molecule has 0 aliphatic rings. The summed E-state index contributed by atoms with van der Waals surface area (Å²) in [6.45, 7) is 3.24. The minimum atomic E-state index is -0.680. The molecule has 0 bridgehead atoms. The summed E-state index contributed by atoms with van der Waals surface area (Å²) in [5, 5.41) is 13.1. The fraction of sp³-hybridized carbons (Fsp3) is 0.562. The van der Waals surface area contributed by atoms with Crippen molar-refractivity contribution in [2.24, 2.45) is 10.7 Å². The standard InChI is InChI=1S/C16H27N3O2/c1-3-4-5-6-10-18-16(17)19-12-15(20)13-8-7-9-14(11-13)21-2/h7-9,11,15,20H,3-6,10,12H2,1-2H3,(H3,17,18,19). The monoisotopic (exact) mass is 293 g/mol. The lowest BCUT2D eigenvalue weighted by atomic mass is 10.1. The van der Waals surface area contributed by atoms with E-state index in [1.807, 2.05) is 18.2 Å². The molecule has 0 fully saturated rings. The van der Waals surface area contributed by atoms with Crippen molar-refractivity contribution >= 4 is 5.96 Å². The van der Waals surface area contributed by atoms with Gasteiger partial charge in [0.2, 0.25) is 0 Å². The van der Waals surface area contributed by atoms with E-state index in [1.165, 1.54) is 19.3 Å². The summed E-state index contributed by atoms with van der Waals surface area (Å²) in [4.78, 5) is 4.17. The molecule has 4 N–H and O–H groups in total. The first kappa shape index (κ1) is 17.3. The van der Waals surface area contributed by atoms with Crippen LogP contribution in [0, 0.1) is 0 Å². The molecule has 0 saturated heterocycles. The number of aliphatic hydroxyl groups is 1. The molecule has 0 saturated carbocycles. The van der Waals surface area contributed by atoms with Crippen LogP contribution in [-0.4, -0.2) is 31.3 Å². The van der Waals surface area contributed by atoms with E-state index < -0.39 is 6.10 Å². The topological polar surface area (TPSA) is 79.9 Å². The van der Waals surface area contributed by atoms with Crippen LogP contribution in [0.15, 0.2) is 29.3 Å². The zero-order valence-corrected chi connectivity index (χ0v) is 13.0. The number of ether oxygens (including phenoxy) is 1. The molecule has 0 radical (unpaired) electrons. The van der Waals surface area contributed by atoms with Gasteiger partial charge in [0, 0.05) is 6.54 Å². The Hall–Kier alpha value is -1.75. The van der Waals surface area contributed by atoms with Gasteiger partial charge in [-0.3, -0.25) is 4.99 Å². The predicted octanol–water partition coefficient (Wildman–Crippen LogP) is 2.21. The van der Waals surface area contributed by atoms with Gasteiger partial charge >= 0.3 is 0 Å². The molecule has 0 aliphatic heterocycles. The summed E-state index contributed by atoms with van der Waals surface area (Å²) in [6.07, 6.45) is 4.07. The largest absolute Gasteiger partial charge is 0.497 e. The van der Waals surface area contributed by atoms with Crippen LogP contribution < -0.4 is 15.8 Å². The molecule has 0 heterocycles. The average Bonchev–Trinajstić information content (AvgIpc) is 2.52. The summed E-state index contributed by atoms with van der Waals surface area (Å²) in [7, 11) is 1.60. The van der Waals surface area contributed by atoms with Crippen molar-refractivity contribution in [2.45, 2.75) is 38.7 Å². The molecular weight excluding hydrogens is 266 g/mol. The van der Waals surface area contributed by atoms with E-state index in [9.17, 15) is 5.11 Å². The first-order valence-electron chi connectivity index (χ1n) is 7.53. The molecule has 1 atom stereocenters. The van der Waals surface area contributed by atoms with Gasteiger partial charge in [-0.1, -0.05) is 38.3 Å². The summed E-state index contributed by atoms with van der Waals surface area (Å²) in [5.41, 5.74) is 6.55. The van der Waals surface area contributed by atoms with Gasteiger partial charge < -0.3 is 20.9 Å². The first-order valence-corrected chi connectivity index (χ1v) is 7.53. The molecule has 0 amide bonds. The van der Waals surface area contributed by atoms with Crippen LogP contribution >= 0.6 is 0 Å². The normalized spacial score (nSPS) is 13.0. The van der Waals surface area contributed by atoms with Gasteiger partial charge in [-0.05, 0) is 24.1 Å². The lowest BCUT2D eigenvalue weighted by Gasteiger charge is -2.11. The Morgan fingerprint density at radius 2 is 2.19 bits per heavy atom. The number of hydrogen-bond donors (Lipinski definition) is 3. The second kappa shape index (κ2) is 10.0. The minimum Gasteiger partial charge on any atom is -0.497 e. The van der Waals surface area contributed by atoms with Crippen molar-refractivity contribution in [2.75, 3.05) is 20.2 Å². The Morgan fingerprint density at radius 3 is 2.90 bits per heavy atom. The molecular formula is C16H27N3O2. The quantitative estimate of drug-likeness (QED) is 0.370. The van der Waals surface area contributed by atoms with Crippen LogP contribution in [0.25, 0.3) is 0 Å². The second-order valence-electron chi connectivity index (χ2n) is 5.01. The van der Waals surface area contributed by atoms with Gasteiger partial charge in [0.05, 0.1) is 19.8 Å². The Kier molecular flexibility index (Phi) is 8.28. The van der Waals surface area contributed by atoms with E-state index in [4.69, 9.17) is 10.5 Å². The summed E-state index contributed by atoms with van der Waals surface area (Å²) < 4.78 is 5.13. The highest BCUT2D eigenvalue weighted by atomic mass is 16.5. The number of methoxy groups -OCH3 is 1. The van der Waals surface area contributed by atoms with E-state index in [0.717, 1.165) is 24.3 Å². The highest BCUT2D eigenvalue weighted by Gasteiger charge is 2.07. The Bertz CT molecular complexity index is 435. The fourth-order valence-electron chi connectivity index (χ4n) is 1.96. The van der Waals surface area contributed by atoms with Gasteiger partial charge in [0.25, 0.3) is 0 Å². The van der Waals surface area contributed by atoms with Gasteiger partial charge in [0.15, 0.2) is 5.96 Å². The van der Waals surface area contributed by atoms with Gasteiger partial charge in [-0.2, -0.15) is 0 Å². The van der Waals surface area contributed by atoms with Crippen LogP contribution in [-0.2, 0) is 0 Å². The zero-order valence-electron chi connectivity index (χ0n) is 13.0. The van der Waals surface area contributed by atoms with Crippen molar-refractivity contribution in [3.8, 4) is 5.75 Å². The van der Waals surface area contributed by atoms with Crippen LogP contribution in [0.3, 0.4) is 0 Å². The molecule has 0 spiro atoms. The number of hydrogen-bond acceptors (Lipinski definition) is 3. The molecule has 5 heteroatoms. The van der Waals surface area contributed by atoms with Gasteiger partial charge in [-0.15, -0.1) is 0 Å². The van der Waals surface area contributed by atoms with E-state index in [2.05, 4.69) is 17.2 Å². The highest BCUT2D eigenvalue weighted by molar-refractivity contribution is 5.77. The molecule has 0 aliphatic carbocycles. The number of benzene rings is 1. The average molecular weight is 293 g/mol. The molecule has 0 aromatic heterocycles. The Balaban J connectivity index is 2.36. The Morgan fingerprint density at radius 1 is 1.38 bits per heavy atom. The maximum Gasteiger partial charge on any atom is 0.188 e. The third kappa shape index (κ3) is 6.99. The number of nitrogens with one attached hydrogen (secondary N) is 1. The van der Waals surface area contributed by atoms with Gasteiger partial charge in [0.1, 0.15) is 5.75 Å². The smallest absolute Gasteiger partial charge is 0.188 e. The maximum absolute atomic E-state index is 10.1. The van der Waals surface area contributed by atoms with Crippen LogP contribution in [0.1, 0.15) is 44.3 Å². The van der Waals surface area contributed by atoms with Crippen LogP contribution in [0.4, 0.5) is 0 Å². The molecule has 118 valence electrons. The highest BCUT2D eigenvalue weighted by Crippen LogP contribution is 2.19. The number of nitrogens with two attached hydrogens (primary N) is 1. The van der Waals surface area contributed by atoms with Crippen molar-refractivity contribution in [3.05, 3.63) is 29.8 Å². The lowest BCUT2D eigenvalue weighted by molar-refractivity contribution is 0.186. The SMILES string of the molecule is CCCCCCNC(N)=NCC(O)c1cccc(OC)c1. The maximum atomic E-state index is 10.1. The summed E-state index contributed by atoms with van der Waals surface area (Å²) in [5.74, 6) is 1.10. The van der Waals surface area contributed by atoms with Crippen molar-refractivity contribution < 1.29 is 9.84 Å². The van der Waals surface area contributed by atoms with Crippen molar-refractivity contribution in [1.29, 1.82) is 0 Å². The van der Waals surface area contributed by atoms with Crippen LogP contribution in [0.5, 0.6) is 5.75 Å². The third-order valence-electron chi connectivity index (χ3n) is 3.25. The molecule has 5 nitrogen and oxygen atoms in total. The van der Waals surface area contributed by atoms with Crippen molar-refractivity contribution in [1.82, 2.24) is 5.32 Å². The number of aliphatic hydroxyl groups excluding tert-OH is 1. The fourth-order valence-corrected chi connectivity index (χ4v) is 1.96. The number of rotatable bonds is 9. The number of nitrogens with zero attached hydrogens (tertiary/aromatic N) is 1. The second-order valence-corrected chi connectivity index (χ2v) is 5.01. The minimum absolute atomic E-state index is 0.237. The summed E-state index contributed by atoms with van der Waals surface area (Å²) >= 11 is 0. The first-order chi connectivity index (χ1) is 10.2. The predicted molar refractivity (Wildman–Crippen MR) is 86.6 cm³/mol. The molecule has 1 rings (SSSR count). The summed E-state index contributed by atoms with van der Waals surface area (Å²) in [6, 6.07) is 7.33. The van der Waals surface area contributed by atoms with Gasteiger partial charge in [-0.25, -0.2) is 0 Å². The van der Waals surface area contributed by atoms with E-state index >= 15 is 0 Å². The zero-order chi connectivity index (χ0) is 15.5.